The summed E-state index contributed by atoms with van der Waals surface area (Å²) >= 11 is 0. The number of methoxy groups -OCH3 is 1. The minimum atomic E-state index is -0.127. The molecule has 4 nitrogen and oxygen atoms in total. The number of benzene rings is 2. The van der Waals surface area contributed by atoms with Crippen LogP contribution in [0, 0.1) is 0 Å². The molecule has 0 aliphatic carbocycles. The first-order chi connectivity index (χ1) is 10.7. The van der Waals surface area contributed by atoms with Crippen molar-refractivity contribution >= 4 is 16.7 Å². The van der Waals surface area contributed by atoms with Gasteiger partial charge in [-0.05, 0) is 22.8 Å². The molecule has 0 radical (unpaired) electrons. The van der Waals surface area contributed by atoms with Gasteiger partial charge in [0.2, 0.25) is 5.91 Å². The number of carbonyl (C=O) groups excluding carboxylic acids is 1. The van der Waals surface area contributed by atoms with E-state index >= 15 is 0 Å². The van der Waals surface area contributed by atoms with Crippen LogP contribution in [0.4, 0.5) is 0 Å². The number of nitrogens with zero attached hydrogens (tertiary/aromatic N) is 1. The molecule has 2 atom stereocenters. The van der Waals surface area contributed by atoms with Crippen molar-refractivity contribution < 1.29 is 14.6 Å². The monoisotopic (exact) mass is 299 g/mol. The summed E-state index contributed by atoms with van der Waals surface area (Å²) in [4.78, 5) is 14.3. The summed E-state index contributed by atoms with van der Waals surface area (Å²) in [6, 6.07) is 14.1. The maximum absolute atomic E-state index is 12.5. The molecule has 1 heterocycles. The van der Waals surface area contributed by atoms with Gasteiger partial charge in [-0.1, -0.05) is 42.5 Å². The Morgan fingerprint density at radius 3 is 2.77 bits per heavy atom. The third kappa shape index (κ3) is 2.98. The van der Waals surface area contributed by atoms with Crippen molar-refractivity contribution in [2.45, 2.75) is 25.0 Å². The van der Waals surface area contributed by atoms with E-state index in [1.807, 2.05) is 24.3 Å². The normalized spacial score (nSPS) is 21.5. The van der Waals surface area contributed by atoms with Gasteiger partial charge in [0.05, 0.1) is 25.2 Å². The van der Waals surface area contributed by atoms with Crippen LogP contribution >= 0.6 is 0 Å². The summed E-state index contributed by atoms with van der Waals surface area (Å²) in [6.07, 6.45) is 1.09. The molecule has 0 spiro atoms. The van der Waals surface area contributed by atoms with Crippen molar-refractivity contribution in [1.82, 2.24) is 4.90 Å². The molecule has 1 amide bonds. The van der Waals surface area contributed by atoms with Gasteiger partial charge in [-0.2, -0.15) is 0 Å². The molecule has 1 aliphatic heterocycles. The molecule has 116 valence electrons. The second kappa shape index (κ2) is 6.46. The van der Waals surface area contributed by atoms with Crippen molar-refractivity contribution in [3.05, 3.63) is 48.0 Å². The van der Waals surface area contributed by atoms with E-state index in [1.54, 1.807) is 12.0 Å². The van der Waals surface area contributed by atoms with Crippen molar-refractivity contribution in [3.8, 4) is 0 Å². The maximum Gasteiger partial charge on any atom is 0.227 e. The average molecular weight is 299 g/mol. The van der Waals surface area contributed by atoms with Crippen LogP contribution in [0.1, 0.15) is 12.0 Å². The smallest absolute Gasteiger partial charge is 0.227 e. The first-order valence-electron chi connectivity index (χ1n) is 7.62. The minimum Gasteiger partial charge on any atom is -0.394 e. The van der Waals surface area contributed by atoms with Crippen molar-refractivity contribution in [2.24, 2.45) is 0 Å². The van der Waals surface area contributed by atoms with Crippen LogP contribution in [0.5, 0.6) is 0 Å². The number of likely N-dealkylation sites (tertiary alicyclic amines) is 1. The fraction of sp³-hybridized carbons (Fsp3) is 0.389. The van der Waals surface area contributed by atoms with Crippen molar-refractivity contribution in [1.29, 1.82) is 0 Å². The minimum absolute atomic E-state index is 0.0106. The fourth-order valence-corrected chi connectivity index (χ4v) is 3.15. The number of aliphatic hydroxyl groups is 1. The Morgan fingerprint density at radius 2 is 2.05 bits per heavy atom. The Labute approximate surface area is 130 Å². The lowest BCUT2D eigenvalue weighted by molar-refractivity contribution is -0.132. The van der Waals surface area contributed by atoms with Crippen LogP contribution in [-0.2, 0) is 16.0 Å². The zero-order valence-corrected chi connectivity index (χ0v) is 12.7. The topological polar surface area (TPSA) is 49.8 Å². The lowest BCUT2D eigenvalue weighted by Gasteiger charge is -2.22. The third-order valence-corrected chi connectivity index (χ3v) is 4.41. The van der Waals surface area contributed by atoms with Crippen LogP contribution in [0.2, 0.25) is 0 Å². The second-order valence-corrected chi connectivity index (χ2v) is 5.83. The molecule has 1 aliphatic rings. The molecule has 2 aromatic carbocycles. The highest BCUT2D eigenvalue weighted by molar-refractivity contribution is 5.85. The summed E-state index contributed by atoms with van der Waals surface area (Å²) in [7, 11) is 1.65. The molecular formula is C18H21NO3. The number of hydrogen-bond donors (Lipinski definition) is 1. The van der Waals surface area contributed by atoms with E-state index < -0.39 is 0 Å². The van der Waals surface area contributed by atoms with Crippen LogP contribution < -0.4 is 0 Å². The van der Waals surface area contributed by atoms with Gasteiger partial charge in [0, 0.05) is 13.7 Å². The summed E-state index contributed by atoms with van der Waals surface area (Å²) in [5.41, 5.74) is 1.00. The van der Waals surface area contributed by atoms with Crippen LogP contribution in [0.25, 0.3) is 10.8 Å². The molecule has 2 aromatic rings. The zero-order chi connectivity index (χ0) is 15.5. The molecule has 3 rings (SSSR count). The first-order valence-corrected chi connectivity index (χ1v) is 7.62. The van der Waals surface area contributed by atoms with Crippen molar-refractivity contribution in [2.75, 3.05) is 20.3 Å². The van der Waals surface area contributed by atoms with Gasteiger partial charge >= 0.3 is 0 Å². The van der Waals surface area contributed by atoms with Crippen molar-refractivity contribution in [3.63, 3.8) is 0 Å². The Hall–Kier alpha value is -1.91. The van der Waals surface area contributed by atoms with Gasteiger partial charge in [-0.25, -0.2) is 0 Å². The first kappa shape index (κ1) is 15.0. The van der Waals surface area contributed by atoms with E-state index in [2.05, 4.69) is 18.2 Å². The Balaban J connectivity index is 1.74. The molecule has 0 aromatic heterocycles. The number of amides is 1. The largest absolute Gasteiger partial charge is 0.394 e. The SMILES string of the molecule is CO[C@H]1C[C@@H](CO)N(C(=O)Cc2ccc3ccccc3c2)C1. The Bertz CT molecular complexity index is 670. The van der Waals surface area contributed by atoms with E-state index in [1.165, 1.54) is 5.39 Å². The lowest BCUT2D eigenvalue weighted by Crippen LogP contribution is -2.38. The highest BCUT2D eigenvalue weighted by Gasteiger charge is 2.34. The highest BCUT2D eigenvalue weighted by Crippen LogP contribution is 2.22. The van der Waals surface area contributed by atoms with Crippen LogP contribution in [0.3, 0.4) is 0 Å². The van der Waals surface area contributed by atoms with Gasteiger partial charge in [0.15, 0.2) is 0 Å². The molecule has 22 heavy (non-hydrogen) atoms. The van der Waals surface area contributed by atoms with Gasteiger partial charge < -0.3 is 14.7 Å². The predicted octanol–water partition coefficient (Wildman–Crippen LogP) is 1.99. The molecule has 1 N–H and O–H groups in total. The van der Waals surface area contributed by atoms with Gasteiger partial charge in [-0.15, -0.1) is 0 Å². The second-order valence-electron chi connectivity index (χ2n) is 5.83. The fourth-order valence-electron chi connectivity index (χ4n) is 3.15. The molecule has 0 bridgehead atoms. The van der Waals surface area contributed by atoms with E-state index in [4.69, 9.17) is 4.74 Å². The molecule has 1 saturated heterocycles. The number of rotatable bonds is 4. The highest BCUT2D eigenvalue weighted by atomic mass is 16.5. The van der Waals surface area contributed by atoms with E-state index in [9.17, 15) is 9.90 Å². The number of hydrogen-bond acceptors (Lipinski definition) is 3. The standard InChI is InChI=1S/C18H21NO3/c1-22-17-10-16(12-20)19(11-17)18(21)9-13-6-7-14-4-2-3-5-15(14)8-13/h2-8,16-17,20H,9-12H2,1H3/t16-,17-/m0/s1. The maximum atomic E-state index is 12.5. The molecular weight excluding hydrogens is 278 g/mol. The van der Waals surface area contributed by atoms with Crippen LogP contribution in [-0.4, -0.2) is 48.3 Å². The summed E-state index contributed by atoms with van der Waals surface area (Å²) in [5, 5.41) is 11.8. The summed E-state index contributed by atoms with van der Waals surface area (Å²) < 4.78 is 5.33. The Kier molecular flexibility index (Phi) is 4.41. The molecule has 1 fully saturated rings. The van der Waals surface area contributed by atoms with E-state index in [0.717, 1.165) is 10.9 Å². The molecule has 4 heteroatoms. The predicted molar refractivity (Wildman–Crippen MR) is 85.7 cm³/mol. The zero-order valence-electron chi connectivity index (χ0n) is 12.7. The number of ether oxygens (including phenoxy) is 1. The Morgan fingerprint density at radius 1 is 1.27 bits per heavy atom. The number of carbonyl (C=O) groups is 1. The van der Waals surface area contributed by atoms with Gasteiger partial charge in [-0.3, -0.25) is 4.79 Å². The summed E-state index contributed by atoms with van der Waals surface area (Å²) in [6.45, 7) is 0.553. The van der Waals surface area contributed by atoms with E-state index in [-0.39, 0.29) is 24.7 Å². The average Bonchev–Trinajstić information content (AvgIpc) is 2.98. The number of aliphatic hydroxyl groups excluding tert-OH is 1. The van der Waals surface area contributed by atoms with Crippen LogP contribution in [0.15, 0.2) is 42.5 Å². The van der Waals surface area contributed by atoms with Gasteiger partial charge in [0.1, 0.15) is 0 Å². The molecule has 0 saturated carbocycles. The third-order valence-electron chi connectivity index (χ3n) is 4.41. The lowest BCUT2D eigenvalue weighted by atomic mass is 10.0. The van der Waals surface area contributed by atoms with E-state index in [0.29, 0.717) is 19.4 Å². The molecule has 0 unspecified atom stereocenters. The number of fused-ring (bicyclic) bond motifs is 1. The quantitative estimate of drug-likeness (QED) is 0.939. The summed E-state index contributed by atoms with van der Waals surface area (Å²) in [5.74, 6) is 0.0499. The van der Waals surface area contributed by atoms with Gasteiger partial charge in [0.25, 0.3) is 0 Å².